The molecule has 3 amide bonds. The highest BCUT2D eigenvalue weighted by molar-refractivity contribution is 5.77. The molecule has 9 heteroatoms. The quantitative estimate of drug-likeness (QED) is 0.829. The molecule has 1 aromatic carbocycles. The molecular formula is C21H27FN6O2. The standard InChI is InChI=1S/C21H27FN6O2/c1-13-7-18(23)28(24-13)12-19(29)26-9-15-10-27(21(30)25(2)3)20(17(15)11-26)14-5-4-6-16(22)8-14/h4-8,15,17,20H,9-12,23H2,1-3H3/t15-,17-,20-/m1/s1. The van der Waals surface area contributed by atoms with Crippen LogP contribution in [0.15, 0.2) is 30.3 Å². The first-order valence-corrected chi connectivity index (χ1v) is 10.1. The zero-order chi connectivity index (χ0) is 21.6. The SMILES string of the molecule is Cc1cc(N)n(CC(=O)N2C[C@@H]3CN(C(=O)N(C)C)[C@H](c4cccc(F)c4)[C@@H]3C2)n1. The van der Waals surface area contributed by atoms with Crippen molar-refractivity contribution in [3.8, 4) is 0 Å². The third-order valence-electron chi connectivity index (χ3n) is 6.05. The van der Waals surface area contributed by atoms with Crippen LogP contribution >= 0.6 is 0 Å². The van der Waals surface area contributed by atoms with Gasteiger partial charge in [-0.05, 0) is 24.6 Å². The largest absolute Gasteiger partial charge is 0.384 e. The van der Waals surface area contributed by atoms with E-state index >= 15 is 0 Å². The number of hydrogen-bond donors (Lipinski definition) is 1. The highest BCUT2D eigenvalue weighted by atomic mass is 19.1. The summed E-state index contributed by atoms with van der Waals surface area (Å²) in [4.78, 5) is 30.8. The molecule has 2 saturated heterocycles. The van der Waals surface area contributed by atoms with Gasteiger partial charge in [0.25, 0.3) is 0 Å². The van der Waals surface area contributed by atoms with Gasteiger partial charge in [0.2, 0.25) is 5.91 Å². The van der Waals surface area contributed by atoms with Gasteiger partial charge in [-0.25, -0.2) is 13.9 Å². The number of fused-ring (bicyclic) bond motifs is 1. The monoisotopic (exact) mass is 414 g/mol. The van der Waals surface area contributed by atoms with E-state index in [1.54, 1.807) is 36.0 Å². The number of benzene rings is 1. The third kappa shape index (κ3) is 3.59. The number of anilines is 1. The number of carbonyl (C=O) groups excluding carboxylic acids is 2. The van der Waals surface area contributed by atoms with Gasteiger partial charge in [0, 0.05) is 51.6 Å². The second-order valence-electron chi connectivity index (χ2n) is 8.42. The first kappa shape index (κ1) is 20.2. The van der Waals surface area contributed by atoms with E-state index in [0.29, 0.717) is 25.5 Å². The minimum absolute atomic E-state index is 0.0522. The molecule has 2 aromatic rings. The number of hydrogen-bond acceptors (Lipinski definition) is 4. The average molecular weight is 414 g/mol. The van der Waals surface area contributed by atoms with Crippen molar-refractivity contribution in [3.63, 3.8) is 0 Å². The predicted molar refractivity (Wildman–Crippen MR) is 110 cm³/mol. The van der Waals surface area contributed by atoms with Crippen LogP contribution in [0.1, 0.15) is 17.3 Å². The van der Waals surface area contributed by atoms with Crippen LogP contribution in [-0.2, 0) is 11.3 Å². The Balaban J connectivity index is 1.55. The second kappa shape index (κ2) is 7.62. The molecule has 8 nitrogen and oxygen atoms in total. The Morgan fingerprint density at radius 2 is 2.00 bits per heavy atom. The van der Waals surface area contributed by atoms with Gasteiger partial charge in [0.05, 0.1) is 11.7 Å². The van der Waals surface area contributed by atoms with Gasteiger partial charge in [0.1, 0.15) is 18.2 Å². The number of aromatic nitrogens is 2. The highest BCUT2D eigenvalue weighted by Crippen LogP contribution is 2.45. The van der Waals surface area contributed by atoms with Gasteiger partial charge in [-0.15, -0.1) is 0 Å². The lowest BCUT2D eigenvalue weighted by molar-refractivity contribution is -0.131. The summed E-state index contributed by atoms with van der Waals surface area (Å²) in [5, 5.41) is 4.26. The zero-order valence-corrected chi connectivity index (χ0v) is 17.5. The van der Waals surface area contributed by atoms with E-state index in [1.165, 1.54) is 16.8 Å². The fourth-order valence-corrected chi connectivity index (χ4v) is 4.74. The molecule has 160 valence electrons. The van der Waals surface area contributed by atoms with Crippen LogP contribution in [0.3, 0.4) is 0 Å². The number of nitrogens with two attached hydrogens (primary N) is 1. The maximum absolute atomic E-state index is 13.9. The first-order valence-electron chi connectivity index (χ1n) is 10.1. The maximum atomic E-state index is 13.9. The van der Waals surface area contributed by atoms with Gasteiger partial charge in [-0.3, -0.25) is 4.79 Å². The lowest BCUT2D eigenvalue weighted by Crippen LogP contribution is -2.42. The minimum atomic E-state index is -0.330. The number of aryl methyl sites for hydroxylation is 1. The molecule has 2 aliphatic heterocycles. The number of amides is 3. The molecular weight excluding hydrogens is 387 g/mol. The molecule has 0 saturated carbocycles. The number of nitrogen functional groups attached to an aromatic ring is 1. The Hall–Kier alpha value is -3.10. The summed E-state index contributed by atoms with van der Waals surface area (Å²) < 4.78 is 15.4. The molecule has 2 N–H and O–H groups in total. The molecule has 0 bridgehead atoms. The maximum Gasteiger partial charge on any atom is 0.320 e. The van der Waals surface area contributed by atoms with E-state index < -0.39 is 0 Å². The first-order chi connectivity index (χ1) is 14.2. The zero-order valence-electron chi connectivity index (χ0n) is 17.5. The van der Waals surface area contributed by atoms with E-state index in [2.05, 4.69) is 5.10 Å². The minimum Gasteiger partial charge on any atom is -0.384 e. The number of likely N-dealkylation sites (tertiary alicyclic amines) is 2. The Labute approximate surface area is 175 Å². The number of rotatable bonds is 3. The molecule has 3 atom stereocenters. The van der Waals surface area contributed by atoms with Crippen LogP contribution < -0.4 is 5.73 Å². The van der Waals surface area contributed by atoms with E-state index in [4.69, 9.17) is 5.73 Å². The molecule has 4 rings (SSSR count). The van der Waals surface area contributed by atoms with E-state index in [1.807, 2.05) is 17.9 Å². The van der Waals surface area contributed by atoms with Crippen molar-refractivity contribution in [2.45, 2.75) is 19.5 Å². The smallest absolute Gasteiger partial charge is 0.320 e. The topological polar surface area (TPSA) is 87.7 Å². The average Bonchev–Trinajstić information content (AvgIpc) is 3.33. The number of nitrogens with zero attached hydrogens (tertiary/aromatic N) is 5. The molecule has 2 aliphatic rings. The molecule has 0 aliphatic carbocycles. The van der Waals surface area contributed by atoms with Crippen molar-refractivity contribution in [1.82, 2.24) is 24.5 Å². The Morgan fingerprint density at radius 3 is 2.63 bits per heavy atom. The van der Waals surface area contributed by atoms with Crippen molar-refractivity contribution in [2.75, 3.05) is 39.5 Å². The molecule has 2 fully saturated rings. The summed E-state index contributed by atoms with van der Waals surface area (Å²) in [5.41, 5.74) is 7.45. The normalized spacial score (nSPS) is 23.0. The van der Waals surface area contributed by atoms with E-state index in [0.717, 1.165) is 11.3 Å². The van der Waals surface area contributed by atoms with Crippen molar-refractivity contribution >= 4 is 17.8 Å². The summed E-state index contributed by atoms with van der Waals surface area (Å²) >= 11 is 0. The Morgan fingerprint density at radius 1 is 1.23 bits per heavy atom. The number of halogens is 1. The van der Waals surface area contributed by atoms with Gasteiger partial charge in [-0.2, -0.15) is 5.10 Å². The molecule has 0 spiro atoms. The van der Waals surface area contributed by atoms with Gasteiger partial charge in [-0.1, -0.05) is 12.1 Å². The highest BCUT2D eigenvalue weighted by Gasteiger charge is 2.50. The summed E-state index contributed by atoms with van der Waals surface area (Å²) in [5.74, 6) is 0.270. The summed E-state index contributed by atoms with van der Waals surface area (Å²) in [6.07, 6.45) is 0. The van der Waals surface area contributed by atoms with Gasteiger partial charge < -0.3 is 20.4 Å². The fraction of sp³-hybridized carbons (Fsp3) is 0.476. The molecule has 3 heterocycles. The van der Waals surface area contributed by atoms with Crippen LogP contribution in [0.4, 0.5) is 15.0 Å². The molecule has 0 unspecified atom stereocenters. The summed E-state index contributed by atoms with van der Waals surface area (Å²) in [7, 11) is 3.43. The summed E-state index contributed by atoms with van der Waals surface area (Å²) in [6.45, 7) is 3.53. The summed E-state index contributed by atoms with van der Waals surface area (Å²) in [6, 6.07) is 7.76. The Bertz CT molecular complexity index is 974. The Kier molecular flexibility index (Phi) is 5.13. The van der Waals surface area contributed by atoms with Crippen molar-refractivity contribution in [1.29, 1.82) is 0 Å². The van der Waals surface area contributed by atoms with Crippen molar-refractivity contribution in [3.05, 3.63) is 47.4 Å². The fourth-order valence-electron chi connectivity index (χ4n) is 4.74. The third-order valence-corrected chi connectivity index (χ3v) is 6.05. The lowest BCUT2D eigenvalue weighted by atomic mass is 9.89. The lowest BCUT2D eigenvalue weighted by Gasteiger charge is -2.32. The van der Waals surface area contributed by atoms with E-state index in [-0.39, 0.29) is 42.2 Å². The molecule has 30 heavy (non-hydrogen) atoms. The predicted octanol–water partition coefficient (Wildman–Crippen LogP) is 1.73. The van der Waals surface area contributed by atoms with Gasteiger partial charge in [0.15, 0.2) is 0 Å². The van der Waals surface area contributed by atoms with Crippen molar-refractivity contribution < 1.29 is 14.0 Å². The van der Waals surface area contributed by atoms with Crippen LogP contribution in [-0.4, -0.2) is 70.1 Å². The van der Waals surface area contributed by atoms with Crippen LogP contribution in [0, 0.1) is 24.6 Å². The van der Waals surface area contributed by atoms with Gasteiger partial charge >= 0.3 is 6.03 Å². The number of carbonyl (C=O) groups is 2. The van der Waals surface area contributed by atoms with Crippen LogP contribution in [0.5, 0.6) is 0 Å². The van der Waals surface area contributed by atoms with E-state index in [9.17, 15) is 14.0 Å². The second-order valence-corrected chi connectivity index (χ2v) is 8.42. The molecule has 1 aromatic heterocycles. The molecule has 0 radical (unpaired) electrons. The number of urea groups is 1. The van der Waals surface area contributed by atoms with Crippen LogP contribution in [0.2, 0.25) is 0 Å². The van der Waals surface area contributed by atoms with Crippen LogP contribution in [0.25, 0.3) is 0 Å². The van der Waals surface area contributed by atoms with Crippen molar-refractivity contribution in [2.24, 2.45) is 11.8 Å².